The summed E-state index contributed by atoms with van der Waals surface area (Å²) in [5, 5.41) is 21.4. The molecule has 14 rings (SSSR count). The molecule has 16 nitrogen and oxygen atoms in total. The second-order valence-corrected chi connectivity index (χ2v) is 19.9. The first kappa shape index (κ1) is 50.8. The fourth-order valence-electron chi connectivity index (χ4n) is 10.2. The second-order valence-electron chi connectivity index (χ2n) is 19.9. The lowest BCUT2D eigenvalue weighted by molar-refractivity contribution is -0.384. The Morgan fingerprint density at radius 2 is 0.790 bits per heavy atom. The molecule has 0 amide bonds. The molecular formula is C65H54N14O2. The molecule has 396 valence electrons. The Balaban J connectivity index is 0.000000123. The largest absolute Gasteiger partial charge is 0.399 e. The van der Waals surface area contributed by atoms with E-state index in [0.29, 0.717) is 18.8 Å². The van der Waals surface area contributed by atoms with Crippen molar-refractivity contribution in [2.75, 3.05) is 22.1 Å². The van der Waals surface area contributed by atoms with Crippen LogP contribution in [0.3, 0.4) is 0 Å². The monoisotopic (exact) mass is 1060 g/mol. The molecule has 0 saturated heterocycles. The Morgan fingerprint density at radius 3 is 1.20 bits per heavy atom. The van der Waals surface area contributed by atoms with E-state index >= 15 is 0 Å². The van der Waals surface area contributed by atoms with Gasteiger partial charge in [-0.1, -0.05) is 60.7 Å². The zero-order valence-electron chi connectivity index (χ0n) is 44.6. The number of nitrogens with two attached hydrogens (primary N) is 2. The Hall–Kier alpha value is -11.0. The Bertz CT molecular complexity index is 4640. The number of aryl methyl sites for hydroxylation is 3. The summed E-state index contributed by atoms with van der Waals surface area (Å²) in [7, 11) is 6.14. The van der Waals surface area contributed by atoms with Crippen LogP contribution in [-0.2, 0) is 34.2 Å². The molecule has 0 radical (unpaired) electrons. The average molecular weight is 1060 g/mol. The fraction of sp³-hybridized carbons (Fsp3) is 0.0769. The van der Waals surface area contributed by atoms with Crippen molar-refractivity contribution in [3.05, 3.63) is 235 Å². The van der Waals surface area contributed by atoms with Gasteiger partial charge in [-0.15, -0.1) is 0 Å². The van der Waals surface area contributed by atoms with Crippen molar-refractivity contribution < 1.29 is 4.92 Å². The van der Waals surface area contributed by atoms with E-state index in [9.17, 15) is 10.1 Å². The maximum Gasteiger partial charge on any atom is 0.269 e. The third-order valence-corrected chi connectivity index (χ3v) is 14.5. The first-order valence-electron chi connectivity index (χ1n) is 26.2. The molecule has 0 saturated carbocycles. The summed E-state index contributed by atoms with van der Waals surface area (Å²) in [5.74, 6) is 0. The van der Waals surface area contributed by atoms with E-state index in [2.05, 4.69) is 165 Å². The van der Waals surface area contributed by atoms with E-state index in [1.165, 1.54) is 44.9 Å². The van der Waals surface area contributed by atoms with Gasteiger partial charge in [0.15, 0.2) is 0 Å². The number of nitrogens with one attached hydrogen (secondary N) is 2. The number of non-ortho nitro benzene ring substituents is 1. The number of hydrogen-bond donors (Lipinski definition) is 4. The van der Waals surface area contributed by atoms with Gasteiger partial charge in [0.1, 0.15) is 0 Å². The van der Waals surface area contributed by atoms with E-state index in [-0.39, 0.29) is 5.69 Å². The molecule has 0 spiro atoms. The number of fused-ring (bicyclic) bond motifs is 6. The Labute approximate surface area is 465 Å². The van der Waals surface area contributed by atoms with Crippen LogP contribution in [0.25, 0.3) is 99.2 Å². The minimum absolute atomic E-state index is 0.0862. The van der Waals surface area contributed by atoms with Gasteiger partial charge in [0.05, 0.1) is 38.0 Å². The van der Waals surface area contributed by atoms with Gasteiger partial charge < -0.3 is 35.8 Å². The summed E-state index contributed by atoms with van der Waals surface area (Å²) >= 11 is 0. The van der Waals surface area contributed by atoms with Gasteiger partial charge >= 0.3 is 0 Å². The van der Waals surface area contributed by atoms with Crippen molar-refractivity contribution in [2.45, 2.75) is 13.1 Å². The molecule has 14 aromatic rings. The standard InChI is InChI=1S/C24H19N5O2.C24H21N5.C17H14N4/c1-28-11-8-17-4-5-18(12-23(17)28)21-13-19(14-22-24(21)26-10-9-25-22)27-15-16-2-6-20(7-3-16)29(30)31;1-29-11-8-17-4-5-18(12-23(17)29)21-13-20(14-22-24(21)27-10-9-26-22)28-15-16-2-6-19(25)7-3-16;1-21-7-4-11-2-3-12(8-16(11)21)14-9-13(18)10-15-17(14)20-6-5-19-15/h2-14,27H,15H2,1H3;2-14,28H,15,25H2,1H3;2-10H,18H2,1H3. The van der Waals surface area contributed by atoms with Gasteiger partial charge in [-0.05, 0) is 129 Å². The molecule has 8 aromatic carbocycles. The van der Waals surface area contributed by atoms with Crippen LogP contribution in [0.1, 0.15) is 11.1 Å². The quantitative estimate of drug-likeness (QED) is 0.0572. The van der Waals surface area contributed by atoms with E-state index in [1.807, 2.05) is 62.6 Å². The molecule has 0 aliphatic carbocycles. The zero-order chi connectivity index (χ0) is 55.6. The van der Waals surface area contributed by atoms with Gasteiger partial charge in [0.2, 0.25) is 0 Å². The van der Waals surface area contributed by atoms with Crippen LogP contribution in [0.4, 0.5) is 28.4 Å². The van der Waals surface area contributed by atoms with Crippen LogP contribution in [0.5, 0.6) is 0 Å². The molecule has 0 aliphatic heterocycles. The number of nitro benzene ring substituents is 1. The molecule has 16 heteroatoms. The maximum atomic E-state index is 10.8. The average Bonchev–Trinajstić information content (AvgIpc) is 4.24. The van der Waals surface area contributed by atoms with Crippen molar-refractivity contribution in [2.24, 2.45) is 21.1 Å². The van der Waals surface area contributed by atoms with Gasteiger partial charge in [-0.3, -0.25) is 40.0 Å². The van der Waals surface area contributed by atoms with Crippen LogP contribution in [0, 0.1) is 10.1 Å². The lowest BCUT2D eigenvalue weighted by Gasteiger charge is -2.12. The number of rotatable bonds is 10. The minimum Gasteiger partial charge on any atom is -0.399 e. The van der Waals surface area contributed by atoms with Crippen LogP contribution in [0.2, 0.25) is 0 Å². The summed E-state index contributed by atoms with van der Waals surface area (Å²) in [6.45, 7) is 1.25. The first-order chi connectivity index (χ1) is 39.5. The number of nitro groups is 1. The number of nitrogens with zero attached hydrogens (tertiary/aromatic N) is 10. The van der Waals surface area contributed by atoms with Gasteiger partial charge in [-0.25, -0.2) is 0 Å². The van der Waals surface area contributed by atoms with Crippen molar-refractivity contribution in [3.63, 3.8) is 0 Å². The number of aromatic nitrogens is 9. The molecule has 0 atom stereocenters. The second kappa shape index (κ2) is 21.8. The highest BCUT2D eigenvalue weighted by Crippen LogP contribution is 2.35. The highest BCUT2D eigenvalue weighted by molar-refractivity contribution is 5.99. The van der Waals surface area contributed by atoms with Crippen molar-refractivity contribution in [1.29, 1.82) is 0 Å². The summed E-state index contributed by atoms with van der Waals surface area (Å²) in [6, 6.07) is 52.1. The minimum atomic E-state index is -0.394. The van der Waals surface area contributed by atoms with Gasteiger partial charge in [-0.2, -0.15) is 0 Å². The molecule has 6 N–H and O–H groups in total. The van der Waals surface area contributed by atoms with Crippen molar-refractivity contribution >= 4 is 94.2 Å². The molecular weight excluding hydrogens is 1010 g/mol. The lowest BCUT2D eigenvalue weighted by atomic mass is 10.0. The van der Waals surface area contributed by atoms with Crippen molar-refractivity contribution in [3.8, 4) is 33.4 Å². The van der Waals surface area contributed by atoms with E-state index in [1.54, 1.807) is 49.3 Å². The number of hydrogen-bond acceptors (Lipinski definition) is 12. The lowest BCUT2D eigenvalue weighted by Crippen LogP contribution is -2.01. The summed E-state index contributed by atoms with van der Waals surface area (Å²) in [6.07, 6.45) is 16.5. The molecule has 0 unspecified atom stereocenters. The molecule has 0 aliphatic rings. The van der Waals surface area contributed by atoms with Gasteiger partial charge in [0.25, 0.3) is 5.69 Å². The topological polar surface area (TPSA) is 211 Å². The van der Waals surface area contributed by atoms with Gasteiger partial charge in [0, 0.05) is 158 Å². The van der Waals surface area contributed by atoms with E-state index in [0.717, 1.165) is 94.6 Å². The molecule has 0 bridgehead atoms. The molecule has 6 heterocycles. The smallest absolute Gasteiger partial charge is 0.269 e. The molecule has 6 aromatic heterocycles. The first-order valence-corrected chi connectivity index (χ1v) is 26.2. The van der Waals surface area contributed by atoms with Crippen LogP contribution >= 0.6 is 0 Å². The number of benzene rings is 8. The van der Waals surface area contributed by atoms with Crippen molar-refractivity contribution in [1.82, 2.24) is 43.6 Å². The number of anilines is 4. The molecule has 0 fully saturated rings. The van der Waals surface area contributed by atoms with Crippen LogP contribution in [-0.4, -0.2) is 48.5 Å². The predicted molar refractivity (Wildman–Crippen MR) is 327 cm³/mol. The number of nitrogen functional groups attached to an aromatic ring is 2. The Kier molecular flexibility index (Phi) is 13.7. The van der Waals surface area contributed by atoms with E-state index < -0.39 is 4.92 Å². The fourth-order valence-corrected chi connectivity index (χ4v) is 10.2. The maximum absolute atomic E-state index is 10.8. The summed E-state index contributed by atoms with van der Waals surface area (Å²) < 4.78 is 6.35. The highest BCUT2D eigenvalue weighted by Gasteiger charge is 2.14. The predicted octanol–water partition coefficient (Wildman–Crippen LogP) is 13.7. The van der Waals surface area contributed by atoms with Crippen LogP contribution < -0.4 is 22.1 Å². The van der Waals surface area contributed by atoms with E-state index in [4.69, 9.17) is 11.5 Å². The third-order valence-electron chi connectivity index (χ3n) is 14.5. The normalized spacial score (nSPS) is 11.2. The summed E-state index contributed by atoms with van der Waals surface area (Å²) in [5.41, 5.74) is 32.4. The summed E-state index contributed by atoms with van der Waals surface area (Å²) in [4.78, 5) is 37.5. The SMILES string of the molecule is Cn1ccc2ccc(-c3cc(N)cc4nccnc34)cc21.Cn1ccc2ccc(-c3cc(NCc4ccc(N)cc4)cc4nccnc34)cc21.Cn1ccc2ccc(-c3cc(NCc4ccc([N+](=O)[O-])cc4)cc4nccnc34)cc21. The highest BCUT2D eigenvalue weighted by atomic mass is 16.6. The zero-order valence-corrected chi connectivity index (χ0v) is 44.6. The van der Waals surface area contributed by atoms with Crippen LogP contribution in [0.15, 0.2) is 213 Å². The Morgan fingerprint density at radius 1 is 0.420 bits per heavy atom. The third kappa shape index (κ3) is 10.7. The molecule has 81 heavy (non-hydrogen) atoms.